The van der Waals surface area contributed by atoms with Gasteiger partial charge in [0.1, 0.15) is 0 Å². The van der Waals surface area contributed by atoms with Gasteiger partial charge in [0.25, 0.3) is 5.89 Å². The Morgan fingerprint density at radius 3 is 3.06 bits per heavy atom. The van der Waals surface area contributed by atoms with Crippen molar-refractivity contribution in [1.82, 2.24) is 15.0 Å². The first-order valence-corrected chi connectivity index (χ1v) is 6.50. The molecule has 1 aliphatic heterocycles. The molecule has 2 heterocycles. The van der Waals surface area contributed by atoms with E-state index in [0.29, 0.717) is 5.89 Å². The number of nitrogens with zero attached hydrogens (tertiary/aromatic N) is 3. The Morgan fingerprint density at radius 2 is 2.29 bits per heavy atom. The summed E-state index contributed by atoms with van der Waals surface area (Å²) in [5, 5.41) is 4.04. The third kappa shape index (κ3) is 3.40. The van der Waals surface area contributed by atoms with E-state index in [1.807, 2.05) is 0 Å². The largest absolute Gasteiger partial charge is 0.334 e. The third-order valence-electron chi connectivity index (χ3n) is 3.09. The molecule has 0 N–H and O–H groups in total. The summed E-state index contributed by atoms with van der Waals surface area (Å²) < 4.78 is 5.33. The van der Waals surface area contributed by atoms with Gasteiger partial charge < -0.3 is 9.42 Å². The number of likely N-dealkylation sites (N-methyl/N-ethyl adjacent to an activating group) is 1. The van der Waals surface area contributed by atoms with Gasteiger partial charge in [-0.25, -0.2) is 0 Å². The molecule has 0 aliphatic carbocycles. The molecule has 0 fully saturated rings. The summed E-state index contributed by atoms with van der Waals surface area (Å²) in [6.45, 7) is 4.22. The highest BCUT2D eigenvalue weighted by Gasteiger charge is 2.16. The van der Waals surface area contributed by atoms with Crippen molar-refractivity contribution in [2.24, 2.45) is 0 Å². The van der Waals surface area contributed by atoms with Crippen molar-refractivity contribution >= 4 is 5.57 Å². The van der Waals surface area contributed by atoms with Crippen molar-refractivity contribution in [3.63, 3.8) is 0 Å². The minimum Gasteiger partial charge on any atom is -0.334 e. The third-order valence-corrected chi connectivity index (χ3v) is 3.09. The number of aromatic nitrogens is 2. The van der Waals surface area contributed by atoms with E-state index in [1.165, 1.54) is 18.4 Å². The first-order valence-electron chi connectivity index (χ1n) is 6.50. The maximum absolute atomic E-state index is 5.33. The average Bonchev–Trinajstić information content (AvgIpc) is 2.78. The standard InChI is InChI=1S/C13H21N3O/c1-3-4-5-8-12-14-13(17-15-12)11-7-6-9-16(2)10-11/h7H,3-6,8-10H2,1-2H3. The predicted molar refractivity (Wildman–Crippen MR) is 67.6 cm³/mol. The molecule has 1 aromatic heterocycles. The van der Waals surface area contributed by atoms with Crippen LogP contribution in [-0.4, -0.2) is 35.2 Å². The monoisotopic (exact) mass is 235 g/mol. The smallest absolute Gasteiger partial charge is 0.254 e. The topological polar surface area (TPSA) is 42.2 Å². The van der Waals surface area contributed by atoms with E-state index >= 15 is 0 Å². The molecule has 0 aromatic carbocycles. The molecule has 94 valence electrons. The van der Waals surface area contributed by atoms with E-state index in [4.69, 9.17) is 4.52 Å². The van der Waals surface area contributed by atoms with Gasteiger partial charge in [0.2, 0.25) is 0 Å². The fourth-order valence-corrected chi connectivity index (χ4v) is 2.07. The molecular weight excluding hydrogens is 214 g/mol. The van der Waals surface area contributed by atoms with E-state index in [1.54, 1.807) is 0 Å². The van der Waals surface area contributed by atoms with Crippen LogP contribution in [0, 0.1) is 0 Å². The highest BCUT2D eigenvalue weighted by Crippen LogP contribution is 2.18. The second kappa shape index (κ2) is 5.96. The van der Waals surface area contributed by atoms with Crippen LogP contribution in [0.2, 0.25) is 0 Å². The summed E-state index contributed by atoms with van der Waals surface area (Å²) in [5.41, 5.74) is 1.17. The first kappa shape index (κ1) is 12.3. The Labute approximate surface area is 103 Å². The lowest BCUT2D eigenvalue weighted by molar-refractivity contribution is 0.356. The molecule has 1 aliphatic rings. The number of hydrogen-bond acceptors (Lipinski definition) is 4. The van der Waals surface area contributed by atoms with Crippen LogP contribution in [0.5, 0.6) is 0 Å². The van der Waals surface area contributed by atoms with Crippen molar-refractivity contribution in [3.05, 3.63) is 17.8 Å². The molecule has 0 amide bonds. The van der Waals surface area contributed by atoms with Crippen molar-refractivity contribution in [1.29, 1.82) is 0 Å². The lowest BCUT2D eigenvalue weighted by Crippen LogP contribution is -2.25. The molecule has 0 spiro atoms. The van der Waals surface area contributed by atoms with Crippen LogP contribution in [-0.2, 0) is 6.42 Å². The van der Waals surface area contributed by atoms with Crippen molar-refractivity contribution in [2.75, 3.05) is 20.1 Å². The molecule has 4 nitrogen and oxygen atoms in total. The molecular formula is C13H21N3O. The summed E-state index contributed by atoms with van der Waals surface area (Å²) in [7, 11) is 2.12. The van der Waals surface area contributed by atoms with Gasteiger partial charge in [0.15, 0.2) is 5.82 Å². The molecule has 0 atom stereocenters. The van der Waals surface area contributed by atoms with Gasteiger partial charge in [-0.3, -0.25) is 0 Å². The van der Waals surface area contributed by atoms with Gasteiger partial charge in [-0.05, 0) is 19.9 Å². The molecule has 2 rings (SSSR count). The highest BCUT2D eigenvalue weighted by molar-refractivity contribution is 5.60. The number of aryl methyl sites for hydroxylation is 1. The zero-order valence-electron chi connectivity index (χ0n) is 10.8. The molecule has 0 bridgehead atoms. The minimum absolute atomic E-state index is 0.711. The van der Waals surface area contributed by atoms with E-state index in [0.717, 1.165) is 38.2 Å². The SMILES string of the molecule is CCCCCc1noc(C2=CCCN(C)C2)n1. The summed E-state index contributed by atoms with van der Waals surface area (Å²) >= 11 is 0. The van der Waals surface area contributed by atoms with Gasteiger partial charge >= 0.3 is 0 Å². The maximum atomic E-state index is 5.33. The van der Waals surface area contributed by atoms with Gasteiger partial charge in [-0.1, -0.05) is 31.0 Å². The average molecular weight is 235 g/mol. The fourth-order valence-electron chi connectivity index (χ4n) is 2.07. The molecule has 0 radical (unpaired) electrons. The normalized spacial score (nSPS) is 17.2. The Balaban J connectivity index is 1.95. The minimum atomic E-state index is 0.711. The van der Waals surface area contributed by atoms with Crippen LogP contribution >= 0.6 is 0 Å². The van der Waals surface area contributed by atoms with Crippen LogP contribution in [0.4, 0.5) is 0 Å². The van der Waals surface area contributed by atoms with Gasteiger partial charge in [0.05, 0.1) is 0 Å². The zero-order valence-corrected chi connectivity index (χ0v) is 10.8. The van der Waals surface area contributed by atoms with Crippen molar-refractivity contribution in [3.8, 4) is 0 Å². The van der Waals surface area contributed by atoms with Crippen LogP contribution < -0.4 is 0 Å². The Kier molecular flexibility index (Phi) is 4.31. The highest BCUT2D eigenvalue weighted by atomic mass is 16.5. The summed E-state index contributed by atoms with van der Waals surface area (Å²) in [6, 6.07) is 0. The van der Waals surface area contributed by atoms with Gasteiger partial charge in [-0.2, -0.15) is 4.98 Å². The second-order valence-corrected chi connectivity index (χ2v) is 4.73. The lowest BCUT2D eigenvalue weighted by Gasteiger charge is -2.20. The molecule has 4 heteroatoms. The molecule has 1 aromatic rings. The summed E-state index contributed by atoms with van der Waals surface area (Å²) in [5.74, 6) is 1.56. The molecule has 0 saturated carbocycles. The number of unbranched alkanes of at least 4 members (excludes halogenated alkanes) is 2. The number of rotatable bonds is 5. The molecule has 17 heavy (non-hydrogen) atoms. The van der Waals surface area contributed by atoms with Crippen LogP contribution in [0.25, 0.3) is 5.57 Å². The Bertz CT molecular complexity index is 384. The second-order valence-electron chi connectivity index (χ2n) is 4.73. The first-order chi connectivity index (χ1) is 8.29. The maximum Gasteiger partial charge on any atom is 0.254 e. The fraction of sp³-hybridized carbons (Fsp3) is 0.692. The van der Waals surface area contributed by atoms with E-state index in [-0.39, 0.29) is 0 Å². The zero-order chi connectivity index (χ0) is 12.1. The van der Waals surface area contributed by atoms with E-state index in [9.17, 15) is 0 Å². The van der Waals surface area contributed by atoms with Crippen molar-refractivity contribution in [2.45, 2.75) is 39.0 Å². The van der Waals surface area contributed by atoms with Crippen LogP contribution in [0.15, 0.2) is 10.6 Å². The summed E-state index contributed by atoms with van der Waals surface area (Å²) in [6.07, 6.45) is 7.81. The van der Waals surface area contributed by atoms with Crippen LogP contribution in [0.1, 0.15) is 44.3 Å². The molecule has 0 saturated heterocycles. The van der Waals surface area contributed by atoms with Gasteiger partial charge in [0, 0.05) is 25.1 Å². The number of hydrogen-bond donors (Lipinski definition) is 0. The summed E-state index contributed by atoms with van der Waals surface area (Å²) in [4.78, 5) is 6.74. The van der Waals surface area contributed by atoms with E-state index < -0.39 is 0 Å². The predicted octanol–water partition coefficient (Wildman–Crippen LogP) is 2.52. The lowest BCUT2D eigenvalue weighted by atomic mass is 10.1. The molecule has 0 unspecified atom stereocenters. The van der Waals surface area contributed by atoms with Gasteiger partial charge in [-0.15, -0.1) is 0 Å². The van der Waals surface area contributed by atoms with Crippen LogP contribution in [0.3, 0.4) is 0 Å². The van der Waals surface area contributed by atoms with Crippen molar-refractivity contribution < 1.29 is 4.52 Å². The Morgan fingerprint density at radius 1 is 1.41 bits per heavy atom. The van der Waals surface area contributed by atoms with E-state index in [2.05, 4.69) is 35.1 Å². The Hall–Kier alpha value is -1.16. The quantitative estimate of drug-likeness (QED) is 0.735.